The quantitative estimate of drug-likeness (QED) is 0.943. The van der Waals surface area contributed by atoms with Crippen LogP contribution in [0.25, 0.3) is 0 Å². The van der Waals surface area contributed by atoms with Crippen molar-refractivity contribution in [3.05, 3.63) is 64.7 Å². The van der Waals surface area contributed by atoms with Gasteiger partial charge in [-0.3, -0.25) is 9.59 Å². The van der Waals surface area contributed by atoms with Gasteiger partial charge in [-0.05, 0) is 43.7 Å². The van der Waals surface area contributed by atoms with E-state index in [0.717, 1.165) is 22.4 Å². The molecule has 0 spiro atoms. The number of rotatable bonds is 4. The molecule has 0 radical (unpaired) electrons. The zero-order valence-corrected chi connectivity index (χ0v) is 14.0. The highest BCUT2D eigenvalue weighted by molar-refractivity contribution is 6.04. The van der Waals surface area contributed by atoms with Crippen molar-refractivity contribution in [1.82, 2.24) is 4.90 Å². The summed E-state index contributed by atoms with van der Waals surface area (Å²) in [4.78, 5) is 25.5. The number of hydrogen-bond donors (Lipinski definition) is 1. The molecule has 2 rings (SSSR count). The molecule has 4 heteroatoms. The number of carbonyl (C=O) groups is 2. The van der Waals surface area contributed by atoms with Gasteiger partial charge in [0, 0.05) is 25.3 Å². The SMILES string of the molecule is Cc1cc(C)cc(C(=O)Nc2ccc(CC(=O)N(C)C)cc2)c1. The Morgan fingerprint density at radius 3 is 2.04 bits per heavy atom. The Bertz CT molecular complexity index is 698. The van der Waals surface area contributed by atoms with Crippen LogP contribution in [0.1, 0.15) is 27.0 Å². The van der Waals surface area contributed by atoms with Crippen LogP contribution in [-0.4, -0.2) is 30.8 Å². The van der Waals surface area contributed by atoms with Crippen LogP contribution in [0.2, 0.25) is 0 Å². The lowest BCUT2D eigenvalue weighted by Crippen LogP contribution is -2.23. The van der Waals surface area contributed by atoms with Gasteiger partial charge in [0.15, 0.2) is 0 Å². The van der Waals surface area contributed by atoms with Gasteiger partial charge in [-0.25, -0.2) is 0 Å². The van der Waals surface area contributed by atoms with Gasteiger partial charge in [0.05, 0.1) is 6.42 Å². The summed E-state index contributed by atoms with van der Waals surface area (Å²) in [7, 11) is 3.47. The van der Waals surface area contributed by atoms with Gasteiger partial charge in [0.25, 0.3) is 5.91 Å². The largest absolute Gasteiger partial charge is 0.349 e. The van der Waals surface area contributed by atoms with Gasteiger partial charge in [-0.2, -0.15) is 0 Å². The van der Waals surface area contributed by atoms with Crippen molar-refractivity contribution < 1.29 is 9.59 Å². The normalized spacial score (nSPS) is 10.3. The fourth-order valence-electron chi connectivity index (χ4n) is 2.35. The van der Waals surface area contributed by atoms with Crippen LogP contribution in [-0.2, 0) is 11.2 Å². The van der Waals surface area contributed by atoms with Crippen LogP contribution in [0.3, 0.4) is 0 Å². The van der Waals surface area contributed by atoms with Crippen molar-refractivity contribution in [3.63, 3.8) is 0 Å². The molecule has 2 amide bonds. The number of benzene rings is 2. The third-order valence-electron chi connectivity index (χ3n) is 3.55. The highest BCUT2D eigenvalue weighted by atomic mass is 16.2. The van der Waals surface area contributed by atoms with E-state index in [0.29, 0.717) is 12.0 Å². The first-order valence-electron chi connectivity index (χ1n) is 7.54. The van der Waals surface area contributed by atoms with E-state index in [1.165, 1.54) is 0 Å². The Balaban J connectivity index is 2.05. The van der Waals surface area contributed by atoms with Gasteiger partial charge < -0.3 is 10.2 Å². The summed E-state index contributed by atoms with van der Waals surface area (Å²) < 4.78 is 0. The van der Waals surface area contributed by atoms with Crippen LogP contribution in [0.5, 0.6) is 0 Å². The molecule has 1 N–H and O–H groups in total. The van der Waals surface area contributed by atoms with Gasteiger partial charge in [0.2, 0.25) is 5.91 Å². The molecule has 0 aliphatic heterocycles. The number of nitrogens with one attached hydrogen (secondary N) is 1. The summed E-state index contributed by atoms with van der Waals surface area (Å²) in [5, 5.41) is 2.88. The van der Waals surface area contributed by atoms with Crippen molar-refractivity contribution in [2.45, 2.75) is 20.3 Å². The lowest BCUT2D eigenvalue weighted by molar-refractivity contribution is -0.127. The number of amides is 2. The van der Waals surface area contributed by atoms with Crippen molar-refractivity contribution in [3.8, 4) is 0 Å². The van der Waals surface area contributed by atoms with Crippen LogP contribution in [0.15, 0.2) is 42.5 Å². The summed E-state index contributed by atoms with van der Waals surface area (Å²) >= 11 is 0. The first-order valence-corrected chi connectivity index (χ1v) is 7.54. The molecule has 0 fully saturated rings. The average Bonchev–Trinajstić information content (AvgIpc) is 2.48. The Morgan fingerprint density at radius 1 is 0.957 bits per heavy atom. The van der Waals surface area contributed by atoms with Gasteiger partial charge >= 0.3 is 0 Å². The van der Waals surface area contributed by atoms with Crippen molar-refractivity contribution in [2.75, 3.05) is 19.4 Å². The number of anilines is 1. The first kappa shape index (κ1) is 16.7. The highest BCUT2D eigenvalue weighted by Gasteiger charge is 2.08. The molecule has 0 saturated carbocycles. The number of likely N-dealkylation sites (N-methyl/N-ethyl adjacent to an activating group) is 1. The Kier molecular flexibility index (Phi) is 5.16. The Morgan fingerprint density at radius 2 is 1.52 bits per heavy atom. The lowest BCUT2D eigenvalue weighted by atomic mass is 10.1. The molecule has 120 valence electrons. The molecule has 0 heterocycles. The Hall–Kier alpha value is -2.62. The van der Waals surface area contributed by atoms with E-state index < -0.39 is 0 Å². The number of hydrogen-bond acceptors (Lipinski definition) is 2. The van der Waals surface area contributed by atoms with Gasteiger partial charge in [-0.15, -0.1) is 0 Å². The molecule has 0 atom stereocenters. The summed E-state index contributed by atoms with van der Waals surface area (Å²) in [6.45, 7) is 3.95. The summed E-state index contributed by atoms with van der Waals surface area (Å²) in [6, 6.07) is 13.1. The van der Waals surface area contributed by atoms with E-state index in [9.17, 15) is 9.59 Å². The van der Waals surface area contributed by atoms with Crippen LogP contribution in [0, 0.1) is 13.8 Å². The zero-order chi connectivity index (χ0) is 17.0. The van der Waals surface area contributed by atoms with Crippen LogP contribution < -0.4 is 5.32 Å². The molecule has 2 aromatic carbocycles. The third-order valence-corrected chi connectivity index (χ3v) is 3.55. The smallest absolute Gasteiger partial charge is 0.255 e. The zero-order valence-electron chi connectivity index (χ0n) is 14.0. The summed E-state index contributed by atoms with van der Waals surface area (Å²) in [5.74, 6) is -0.0778. The maximum atomic E-state index is 12.3. The summed E-state index contributed by atoms with van der Waals surface area (Å²) in [6.07, 6.45) is 0.359. The third kappa shape index (κ3) is 4.68. The molecule has 0 aromatic heterocycles. The molecule has 23 heavy (non-hydrogen) atoms. The van der Waals surface area contributed by atoms with Crippen LogP contribution >= 0.6 is 0 Å². The molecule has 0 aliphatic rings. The minimum absolute atomic E-state index is 0.0528. The van der Waals surface area contributed by atoms with Crippen molar-refractivity contribution >= 4 is 17.5 Å². The lowest BCUT2D eigenvalue weighted by Gasteiger charge is -2.11. The van der Waals surface area contributed by atoms with E-state index in [1.807, 2.05) is 56.3 Å². The molecule has 0 unspecified atom stereocenters. The molecule has 0 saturated heterocycles. The second-order valence-electron chi connectivity index (χ2n) is 5.99. The second kappa shape index (κ2) is 7.09. The molecule has 0 bridgehead atoms. The van der Waals surface area contributed by atoms with E-state index in [2.05, 4.69) is 5.32 Å². The van der Waals surface area contributed by atoms with E-state index in [1.54, 1.807) is 19.0 Å². The fourth-order valence-corrected chi connectivity index (χ4v) is 2.35. The number of carbonyl (C=O) groups excluding carboxylic acids is 2. The van der Waals surface area contributed by atoms with E-state index in [-0.39, 0.29) is 11.8 Å². The maximum Gasteiger partial charge on any atom is 0.255 e. The first-order chi connectivity index (χ1) is 10.8. The summed E-state index contributed by atoms with van der Waals surface area (Å²) in [5.41, 5.74) is 4.41. The minimum Gasteiger partial charge on any atom is -0.349 e. The van der Waals surface area contributed by atoms with Gasteiger partial charge in [0.1, 0.15) is 0 Å². The topological polar surface area (TPSA) is 49.4 Å². The predicted octanol–water partition coefficient (Wildman–Crippen LogP) is 3.19. The van der Waals surface area contributed by atoms with Gasteiger partial charge in [-0.1, -0.05) is 29.3 Å². The van der Waals surface area contributed by atoms with E-state index >= 15 is 0 Å². The average molecular weight is 310 g/mol. The fraction of sp³-hybridized carbons (Fsp3) is 0.263. The second-order valence-corrected chi connectivity index (χ2v) is 5.99. The molecular formula is C19H22N2O2. The minimum atomic E-state index is -0.131. The molecule has 0 aliphatic carbocycles. The monoisotopic (exact) mass is 310 g/mol. The number of nitrogens with zero attached hydrogens (tertiary/aromatic N) is 1. The van der Waals surface area contributed by atoms with E-state index in [4.69, 9.17) is 0 Å². The molecule has 4 nitrogen and oxygen atoms in total. The maximum absolute atomic E-state index is 12.3. The molecular weight excluding hydrogens is 288 g/mol. The highest BCUT2D eigenvalue weighted by Crippen LogP contribution is 2.14. The Labute approximate surface area is 137 Å². The standard InChI is InChI=1S/C19H22N2O2/c1-13-9-14(2)11-16(10-13)19(23)20-17-7-5-15(6-8-17)12-18(22)21(3)4/h5-11H,12H2,1-4H3,(H,20,23). The number of aryl methyl sites for hydroxylation is 2. The van der Waals surface area contributed by atoms with Crippen LogP contribution in [0.4, 0.5) is 5.69 Å². The van der Waals surface area contributed by atoms with Crippen molar-refractivity contribution in [1.29, 1.82) is 0 Å². The predicted molar refractivity (Wildman–Crippen MR) is 92.7 cm³/mol. The van der Waals surface area contributed by atoms with Crippen molar-refractivity contribution in [2.24, 2.45) is 0 Å². The molecule has 2 aromatic rings.